The van der Waals surface area contributed by atoms with E-state index in [4.69, 9.17) is 5.73 Å². The van der Waals surface area contributed by atoms with Crippen molar-refractivity contribution in [3.05, 3.63) is 0 Å². The van der Waals surface area contributed by atoms with Gasteiger partial charge in [0.1, 0.15) is 0 Å². The lowest BCUT2D eigenvalue weighted by atomic mass is 9.82. The summed E-state index contributed by atoms with van der Waals surface area (Å²) < 4.78 is 0. The number of hydrogen-bond donors (Lipinski definition) is 3. The van der Waals surface area contributed by atoms with Crippen LogP contribution in [0.1, 0.15) is 39.0 Å². The lowest BCUT2D eigenvalue weighted by Gasteiger charge is -2.36. The third-order valence-electron chi connectivity index (χ3n) is 2.92. The fourth-order valence-corrected chi connectivity index (χ4v) is 1.93. The Balaban J connectivity index is 2.56. The highest BCUT2D eigenvalue weighted by atomic mass is 16.3. The molecular weight excluding hydrogens is 180 g/mol. The van der Waals surface area contributed by atoms with Gasteiger partial charge >= 0.3 is 0 Å². The molecule has 0 unspecified atom stereocenters. The van der Waals surface area contributed by atoms with Gasteiger partial charge < -0.3 is 16.2 Å². The number of nitrogens with one attached hydrogen (secondary N) is 1. The van der Waals surface area contributed by atoms with Crippen molar-refractivity contribution in [1.29, 1.82) is 0 Å². The van der Waals surface area contributed by atoms with Crippen LogP contribution in [0.5, 0.6) is 0 Å². The van der Waals surface area contributed by atoms with E-state index in [2.05, 4.69) is 5.32 Å². The van der Waals surface area contributed by atoms with Gasteiger partial charge in [-0.15, -0.1) is 0 Å². The molecule has 4 N–H and O–H groups in total. The number of carbonyl (C=O) groups excluding carboxylic acids is 1. The molecule has 0 aliphatic heterocycles. The van der Waals surface area contributed by atoms with Crippen molar-refractivity contribution in [3.63, 3.8) is 0 Å². The SMILES string of the molecule is C[C@@H](N)C(=O)NC1(CO)CCCCC1. The average molecular weight is 200 g/mol. The van der Waals surface area contributed by atoms with E-state index in [1.807, 2.05) is 0 Å². The number of rotatable bonds is 3. The molecule has 4 nitrogen and oxygen atoms in total. The Bertz CT molecular complexity index is 198. The molecule has 0 saturated heterocycles. The highest BCUT2D eigenvalue weighted by Gasteiger charge is 2.33. The number of aliphatic hydroxyl groups is 1. The molecule has 0 aromatic rings. The molecule has 1 fully saturated rings. The number of carbonyl (C=O) groups is 1. The molecule has 1 saturated carbocycles. The topological polar surface area (TPSA) is 75.4 Å². The summed E-state index contributed by atoms with van der Waals surface area (Å²) in [5.41, 5.74) is 5.07. The van der Waals surface area contributed by atoms with E-state index in [9.17, 15) is 9.90 Å². The molecule has 0 heterocycles. The highest BCUT2D eigenvalue weighted by Crippen LogP contribution is 2.27. The fraction of sp³-hybridized carbons (Fsp3) is 0.900. The molecule has 1 atom stereocenters. The maximum Gasteiger partial charge on any atom is 0.237 e. The van der Waals surface area contributed by atoms with Gasteiger partial charge in [0.25, 0.3) is 0 Å². The van der Waals surface area contributed by atoms with Gasteiger partial charge in [-0.3, -0.25) is 4.79 Å². The summed E-state index contributed by atoms with van der Waals surface area (Å²) in [6, 6.07) is -0.500. The summed E-state index contributed by atoms with van der Waals surface area (Å²) in [6.07, 6.45) is 5.05. The standard InChI is InChI=1S/C10H20N2O2/c1-8(11)9(14)12-10(7-13)5-3-2-4-6-10/h8,13H,2-7,11H2,1H3,(H,12,14)/t8-/m1/s1. The third kappa shape index (κ3) is 2.69. The molecule has 0 radical (unpaired) electrons. The molecule has 0 spiro atoms. The van der Waals surface area contributed by atoms with Crippen molar-refractivity contribution in [3.8, 4) is 0 Å². The molecule has 1 aliphatic rings. The van der Waals surface area contributed by atoms with E-state index < -0.39 is 11.6 Å². The van der Waals surface area contributed by atoms with Gasteiger partial charge in [-0.1, -0.05) is 19.3 Å². The number of nitrogens with two attached hydrogens (primary N) is 1. The van der Waals surface area contributed by atoms with Gasteiger partial charge in [-0.2, -0.15) is 0 Å². The van der Waals surface area contributed by atoms with Crippen molar-refractivity contribution < 1.29 is 9.90 Å². The first-order valence-corrected chi connectivity index (χ1v) is 5.28. The van der Waals surface area contributed by atoms with Crippen molar-refractivity contribution in [2.75, 3.05) is 6.61 Å². The van der Waals surface area contributed by atoms with Gasteiger partial charge in [-0.25, -0.2) is 0 Å². The Labute approximate surface area is 84.9 Å². The molecule has 82 valence electrons. The van der Waals surface area contributed by atoms with Crippen molar-refractivity contribution in [1.82, 2.24) is 5.32 Å². The van der Waals surface area contributed by atoms with Crippen molar-refractivity contribution >= 4 is 5.91 Å². The van der Waals surface area contributed by atoms with Gasteiger partial charge in [0, 0.05) is 0 Å². The molecular formula is C10H20N2O2. The third-order valence-corrected chi connectivity index (χ3v) is 2.92. The monoisotopic (exact) mass is 200 g/mol. The first-order chi connectivity index (χ1) is 6.59. The van der Waals surface area contributed by atoms with E-state index in [0.717, 1.165) is 25.7 Å². The van der Waals surface area contributed by atoms with Crippen molar-refractivity contribution in [2.24, 2.45) is 5.73 Å². The predicted octanol–water partition coefficient (Wildman–Crippen LogP) is 0.145. The van der Waals surface area contributed by atoms with Crippen LogP contribution < -0.4 is 11.1 Å². The van der Waals surface area contributed by atoms with Crippen LogP contribution in [-0.2, 0) is 4.79 Å². The van der Waals surface area contributed by atoms with Crippen molar-refractivity contribution in [2.45, 2.75) is 50.6 Å². The van der Waals surface area contributed by atoms with Crippen LogP contribution in [0.3, 0.4) is 0 Å². The summed E-state index contributed by atoms with van der Waals surface area (Å²) in [5.74, 6) is -0.166. The molecule has 4 heteroatoms. The maximum atomic E-state index is 11.4. The minimum absolute atomic E-state index is 0.0193. The van der Waals surface area contributed by atoms with Crippen LogP contribution in [0.15, 0.2) is 0 Å². The van der Waals surface area contributed by atoms with E-state index in [1.165, 1.54) is 6.42 Å². The summed E-state index contributed by atoms with van der Waals surface area (Å²) in [4.78, 5) is 11.4. The van der Waals surface area contributed by atoms with Gasteiger partial charge in [0.05, 0.1) is 18.2 Å². The summed E-state index contributed by atoms with van der Waals surface area (Å²) in [7, 11) is 0. The summed E-state index contributed by atoms with van der Waals surface area (Å²) in [6.45, 7) is 1.68. The van der Waals surface area contributed by atoms with Gasteiger partial charge in [-0.05, 0) is 19.8 Å². The Morgan fingerprint density at radius 2 is 2.07 bits per heavy atom. The molecule has 14 heavy (non-hydrogen) atoms. The molecule has 0 bridgehead atoms. The van der Waals surface area contributed by atoms with Crippen LogP contribution in [0, 0.1) is 0 Å². The van der Waals surface area contributed by atoms with Crippen LogP contribution in [0.25, 0.3) is 0 Å². The Morgan fingerprint density at radius 3 is 2.50 bits per heavy atom. The Hall–Kier alpha value is -0.610. The summed E-state index contributed by atoms with van der Waals surface area (Å²) >= 11 is 0. The zero-order valence-electron chi connectivity index (χ0n) is 8.75. The predicted molar refractivity (Wildman–Crippen MR) is 54.7 cm³/mol. The molecule has 0 aromatic carbocycles. The number of amides is 1. The maximum absolute atomic E-state index is 11.4. The number of hydrogen-bond acceptors (Lipinski definition) is 3. The minimum atomic E-state index is -0.500. The smallest absolute Gasteiger partial charge is 0.237 e. The zero-order chi connectivity index (χ0) is 10.6. The van der Waals surface area contributed by atoms with E-state index in [-0.39, 0.29) is 12.5 Å². The first-order valence-electron chi connectivity index (χ1n) is 5.28. The van der Waals surface area contributed by atoms with E-state index in [1.54, 1.807) is 6.92 Å². The minimum Gasteiger partial charge on any atom is -0.394 e. The number of aliphatic hydroxyl groups excluding tert-OH is 1. The normalized spacial score (nSPS) is 22.8. The molecule has 1 rings (SSSR count). The second-order valence-corrected chi connectivity index (χ2v) is 4.28. The Kier molecular flexibility index (Phi) is 3.89. The second-order valence-electron chi connectivity index (χ2n) is 4.28. The second kappa shape index (κ2) is 4.75. The Morgan fingerprint density at radius 1 is 1.50 bits per heavy atom. The van der Waals surface area contributed by atoms with Crippen LogP contribution in [0.4, 0.5) is 0 Å². The lowest BCUT2D eigenvalue weighted by molar-refractivity contribution is -0.125. The zero-order valence-corrected chi connectivity index (χ0v) is 8.75. The average Bonchev–Trinajstić information content (AvgIpc) is 2.19. The fourth-order valence-electron chi connectivity index (χ4n) is 1.93. The molecule has 1 amide bonds. The summed E-state index contributed by atoms with van der Waals surface area (Å²) in [5, 5.41) is 12.2. The van der Waals surface area contributed by atoms with Crippen LogP contribution >= 0.6 is 0 Å². The highest BCUT2D eigenvalue weighted by molar-refractivity contribution is 5.81. The lowest BCUT2D eigenvalue weighted by Crippen LogP contribution is -2.56. The van der Waals surface area contributed by atoms with Crippen LogP contribution in [0.2, 0.25) is 0 Å². The largest absolute Gasteiger partial charge is 0.394 e. The quantitative estimate of drug-likeness (QED) is 0.607. The van der Waals surface area contributed by atoms with Crippen LogP contribution in [-0.4, -0.2) is 29.2 Å². The van der Waals surface area contributed by atoms with Gasteiger partial charge in [0.15, 0.2) is 0 Å². The van der Waals surface area contributed by atoms with E-state index >= 15 is 0 Å². The molecule has 0 aromatic heterocycles. The van der Waals surface area contributed by atoms with Gasteiger partial charge in [0.2, 0.25) is 5.91 Å². The molecule has 1 aliphatic carbocycles. The van der Waals surface area contributed by atoms with E-state index in [0.29, 0.717) is 0 Å². The first kappa shape index (κ1) is 11.5.